The first-order chi connectivity index (χ1) is 12.4. The number of ether oxygens (including phenoxy) is 2. The van der Waals surface area contributed by atoms with Crippen LogP contribution in [0.3, 0.4) is 0 Å². The number of hydrogen-bond acceptors (Lipinski definition) is 4. The molecule has 0 saturated carbocycles. The number of halogens is 1. The largest absolute Gasteiger partial charge is 0.497 e. The summed E-state index contributed by atoms with van der Waals surface area (Å²) < 4.78 is 10.2. The topological polar surface area (TPSA) is 84.9 Å². The number of amides is 1. The lowest BCUT2D eigenvalue weighted by molar-refractivity contribution is -0.139. The lowest BCUT2D eigenvalue weighted by Crippen LogP contribution is -2.14. The number of methoxy groups -OCH3 is 1. The number of aliphatic carboxylic acids is 1. The predicted molar refractivity (Wildman–Crippen MR) is 99.2 cm³/mol. The highest BCUT2D eigenvalue weighted by molar-refractivity contribution is 6.32. The Labute approximate surface area is 156 Å². The summed E-state index contributed by atoms with van der Waals surface area (Å²) in [5.41, 5.74) is 1.52. The Morgan fingerprint density at radius 3 is 2.65 bits per heavy atom. The molecule has 0 aliphatic carbocycles. The van der Waals surface area contributed by atoms with E-state index in [0.29, 0.717) is 12.1 Å². The fourth-order valence-corrected chi connectivity index (χ4v) is 2.63. The molecule has 0 radical (unpaired) electrons. The molecule has 0 heterocycles. The van der Waals surface area contributed by atoms with Crippen LogP contribution in [0.15, 0.2) is 42.5 Å². The minimum atomic E-state index is -1.09. The van der Waals surface area contributed by atoms with Gasteiger partial charge in [0.2, 0.25) is 5.91 Å². The van der Waals surface area contributed by atoms with Crippen molar-refractivity contribution < 1.29 is 24.2 Å². The highest BCUT2D eigenvalue weighted by Gasteiger charge is 2.13. The molecule has 0 aliphatic rings. The van der Waals surface area contributed by atoms with Crippen LogP contribution in [-0.2, 0) is 9.59 Å². The minimum absolute atomic E-state index is 0.0127. The smallest absolute Gasteiger partial charge is 0.341 e. The van der Waals surface area contributed by atoms with E-state index < -0.39 is 12.6 Å². The van der Waals surface area contributed by atoms with Crippen LogP contribution < -0.4 is 14.8 Å². The molecule has 7 heteroatoms. The van der Waals surface area contributed by atoms with E-state index in [1.807, 2.05) is 31.2 Å². The van der Waals surface area contributed by atoms with Crippen molar-refractivity contribution in [2.24, 2.45) is 0 Å². The Morgan fingerprint density at radius 2 is 2.00 bits per heavy atom. The summed E-state index contributed by atoms with van der Waals surface area (Å²) in [4.78, 5) is 22.8. The zero-order valence-electron chi connectivity index (χ0n) is 14.5. The quantitative estimate of drug-likeness (QED) is 0.727. The lowest BCUT2D eigenvalue weighted by atomic mass is 9.97. The molecule has 2 N–H and O–H groups in total. The van der Waals surface area contributed by atoms with Gasteiger partial charge in [0.05, 0.1) is 12.1 Å². The maximum atomic E-state index is 12.3. The number of carbonyl (C=O) groups excluding carboxylic acids is 1. The van der Waals surface area contributed by atoms with Gasteiger partial charge in [-0.2, -0.15) is 0 Å². The molecule has 6 nitrogen and oxygen atoms in total. The Kier molecular flexibility index (Phi) is 6.86. The molecule has 0 aliphatic heterocycles. The Hall–Kier alpha value is -2.73. The maximum Gasteiger partial charge on any atom is 0.341 e. The molecule has 26 heavy (non-hydrogen) atoms. The number of benzene rings is 2. The number of carboxylic acids is 1. The van der Waals surface area contributed by atoms with Crippen LogP contribution in [0.5, 0.6) is 11.5 Å². The number of nitrogens with one attached hydrogen (secondary N) is 1. The second kappa shape index (κ2) is 9.10. The number of anilines is 1. The summed E-state index contributed by atoms with van der Waals surface area (Å²) in [7, 11) is 1.60. The summed E-state index contributed by atoms with van der Waals surface area (Å²) in [6, 6.07) is 12.2. The van der Waals surface area contributed by atoms with E-state index in [2.05, 4.69) is 5.32 Å². The van der Waals surface area contributed by atoms with Gasteiger partial charge in [0, 0.05) is 12.1 Å². The van der Waals surface area contributed by atoms with Gasteiger partial charge >= 0.3 is 5.97 Å². The van der Waals surface area contributed by atoms with Gasteiger partial charge in [-0.15, -0.1) is 0 Å². The van der Waals surface area contributed by atoms with Crippen molar-refractivity contribution in [3.05, 3.63) is 53.1 Å². The van der Waals surface area contributed by atoms with E-state index in [1.54, 1.807) is 13.2 Å². The van der Waals surface area contributed by atoms with Gasteiger partial charge < -0.3 is 19.9 Å². The normalized spacial score (nSPS) is 11.5. The van der Waals surface area contributed by atoms with Gasteiger partial charge in [-0.3, -0.25) is 4.79 Å². The molecule has 2 aromatic carbocycles. The Bertz CT molecular complexity index is 793. The maximum absolute atomic E-state index is 12.3. The van der Waals surface area contributed by atoms with E-state index in [-0.39, 0.29) is 22.6 Å². The molecule has 1 amide bonds. The standard InChI is InChI=1S/C19H20ClNO5/c1-12(13-4-3-5-15(9-13)25-2)8-18(22)21-14-6-7-17(16(20)10-14)26-11-19(23)24/h3-7,9-10,12H,8,11H2,1-2H3,(H,21,22)(H,23,24). The van der Waals surface area contributed by atoms with Crippen molar-refractivity contribution >= 4 is 29.2 Å². The molecule has 1 unspecified atom stereocenters. The SMILES string of the molecule is COc1cccc(C(C)CC(=O)Nc2ccc(OCC(=O)O)c(Cl)c2)c1. The molecular formula is C19H20ClNO5. The zero-order valence-corrected chi connectivity index (χ0v) is 15.2. The molecule has 138 valence electrons. The highest BCUT2D eigenvalue weighted by atomic mass is 35.5. The van der Waals surface area contributed by atoms with Gasteiger partial charge in [0.1, 0.15) is 11.5 Å². The van der Waals surface area contributed by atoms with Gasteiger partial charge in [0.25, 0.3) is 0 Å². The van der Waals surface area contributed by atoms with Crippen molar-refractivity contribution in [3.8, 4) is 11.5 Å². The molecule has 0 spiro atoms. The summed E-state index contributed by atoms with van der Waals surface area (Å²) >= 11 is 6.05. The van der Waals surface area contributed by atoms with Gasteiger partial charge in [0.15, 0.2) is 6.61 Å². The molecule has 0 bridgehead atoms. The van der Waals surface area contributed by atoms with Gasteiger partial charge in [-0.05, 0) is 41.8 Å². The van der Waals surface area contributed by atoms with E-state index >= 15 is 0 Å². The van der Waals surface area contributed by atoms with E-state index in [1.165, 1.54) is 12.1 Å². The van der Waals surface area contributed by atoms with Crippen LogP contribution in [0.1, 0.15) is 24.8 Å². The van der Waals surface area contributed by atoms with Gasteiger partial charge in [-0.1, -0.05) is 30.7 Å². The number of carboxylic acid groups (broad SMARTS) is 1. The third-order valence-corrected chi connectivity index (χ3v) is 4.02. The van der Waals surface area contributed by atoms with Gasteiger partial charge in [-0.25, -0.2) is 4.79 Å². The van der Waals surface area contributed by atoms with Crippen molar-refractivity contribution in [2.75, 3.05) is 19.0 Å². The first kappa shape index (κ1) is 19.6. The molecule has 0 saturated heterocycles. The monoisotopic (exact) mass is 377 g/mol. The van der Waals surface area contributed by atoms with E-state index in [9.17, 15) is 9.59 Å². The van der Waals surface area contributed by atoms with E-state index in [4.69, 9.17) is 26.2 Å². The fourth-order valence-electron chi connectivity index (χ4n) is 2.39. The summed E-state index contributed by atoms with van der Waals surface area (Å²) in [6.45, 7) is 1.48. The molecule has 1 atom stereocenters. The van der Waals surface area contributed by atoms with E-state index in [0.717, 1.165) is 11.3 Å². The molecule has 2 aromatic rings. The first-order valence-corrected chi connectivity index (χ1v) is 8.34. The molecule has 0 fully saturated rings. The molecular weight excluding hydrogens is 358 g/mol. The second-order valence-corrected chi connectivity index (χ2v) is 6.16. The fraction of sp³-hybridized carbons (Fsp3) is 0.263. The third-order valence-electron chi connectivity index (χ3n) is 3.72. The Morgan fingerprint density at radius 1 is 1.23 bits per heavy atom. The van der Waals surface area contributed by atoms with Crippen molar-refractivity contribution in [1.82, 2.24) is 0 Å². The Balaban J connectivity index is 1.96. The summed E-state index contributed by atoms with van der Waals surface area (Å²) in [5.74, 6) is -0.241. The first-order valence-electron chi connectivity index (χ1n) is 7.97. The van der Waals surface area contributed by atoms with Crippen molar-refractivity contribution in [2.45, 2.75) is 19.3 Å². The number of hydrogen-bond donors (Lipinski definition) is 2. The average Bonchev–Trinajstić information content (AvgIpc) is 2.60. The predicted octanol–water partition coefficient (Wildman–Crippen LogP) is 3.94. The van der Waals surface area contributed by atoms with Crippen LogP contribution in [-0.4, -0.2) is 30.7 Å². The number of carbonyl (C=O) groups is 2. The van der Waals surface area contributed by atoms with Crippen molar-refractivity contribution in [1.29, 1.82) is 0 Å². The van der Waals surface area contributed by atoms with Crippen molar-refractivity contribution in [3.63, 3.8) is 0 Å². The summed E-state index contributed by atoms with van der Waals surface area (Å²) in [6.07, 6.45) is 0.294. The highest BCUT2D eigenvalue weighted by Crippen LogP contribution is 2.28. The average molecular weight is 378 g/mol. The summed E-state index contributed by atoms with van der Waals surface area (Å²) in [5, 5.41) is 11.6. The van der Waals surface area contributed by atoms with Crippen LogP contribution in [0.25, 0.3) is 0 Å². The number of rotatable bonds is 8. The lowest BCUT2D eigenvalue weighted by Gasteiger charge is -2.14. The minimum Gasteiger partial charge on any atom is -0.497 e. The molecule has 0 aromatic heterocycles. The van der Waals surface area contributed by atoms with Crippen LogP contribution in [0.2, 0.25) is 5.02 Å². The third kappa shape index (κ3) is 5.67. The van der Waals surface area contributed by atoms with Crippen LogP contribution in [0.4, 0.5) is 5.69 Å². The van der Waals surface area contributed by atoms with Crippen LogP contribution >= 0.6 is 11.6 Å². The van der Waals surface area contributed by atoms with Crippen LogP contribution in [0, 0.1) is 0 Å². The second-order valence-electron chi connectivity index (χ2n) is 5.76. The zero-order chi connectivity index (χ0) is 19.1. The molecule has 2 rings (SSSR count).